The van der Waals surface area contributed by atoms with E-state index in [1.54, 1.807) is 12.1 Å². The molecule has 1 amide bonds. The minimum absolute atomic E-state index is 0.0182. The number of carbonyl (C=O) groups excluding carboxylic acids is 1. The highest BCUT2D eigenvalue weighted by molar-refractivity contribution is 7.80. The Bertz CT molecular complexity index is 734. The van der Waals surface area contributed by atoms with Gasteiger partial charge in [-0.25, -0.2) is 4.39 Å². The molecule has 0 fully saturated rings. The molecule has 2 aromatic rings. The van der Waals surface area contributed by atoms with Crippen LogP contribution in [0.15, 0.2) is 42.5 Å². The first kappa shape index (κ1) is 16.9. The summed E-state index contributed by atoms with van der Waals surface area (Å²) in [5.74, 6) is -0.219. The van der Waals surface area contributed by atoms with E-state index in [0.29, 0.717) is 5.75 Å². The van der Waals surface area contributed by atoms with Gasteiger partial charge in [-0.3, -0.25) is 10.1 Å². The number of hydrogen-bond acceptors (Lipinski definition) is 3. The van der Waals surface area contributed by atoms with E-state index < -0.39 is 11.7 Å². The molecular formula is C17H17FN2O2S. The average molecular weight is 332 g/mol. The summed E-state index contributed by atoms with van der Waals surface area (Å²) < 4.78 is 19.0. The van der Waals surface area contributed by atoms with E-state index in [1.807, 2.05) is 32.0 Å². The smallest absolute Gasteiger partial charge is 0.264 e. The Kier molecular flexibility index (Phi) is 5.65. The van der Waals surface area contributed by atoms with E-state index in [1.165, 1.54) is 12.1 Å². The molecule has 0 aliphatic carbocycles. The van der Waals surface area contributed by atoms with Crippen molar-refractivity contribution < 1.29 is 13.9 Å². The molecule has 2 rings (SSSR count). The van der Waals surface area contributed by atoms with Crippen molar-refractivity contribution in [2.75, 3.05) is 11.9 Å². The summed E-state index contributed by atoms with van der Waals surface area (Å²) in [6.45, 7) is 3.67. The van der Waals surface area contributed by atoms with Gasteiger partial charge >= 0.3 is 0 Å². The lowest BCUT2D eigenvalue weighted by Gasteiger charge is -2.12. The Balaban J connectivity index is 1.86. The molecule has 23 heavy (non-hydrogen) atoms. The van der Waals surface area contributed by atoms with Gasteiger partial charge in [0, 0.05) is 0 Å². The Morgan fingerprint density at radius 2 is 1.96 bits per heavy atom. The Labute approximate surface area is 139 Å². The topological polar surface area (TPSA) is 50.4 Å². The molecule has 6 heteroatoms. The summed E-state index contributed by atoms with van der Waals surface area (Å²) in [7, 11) is 0. The SMILES string of the molecule is Cc1ccc(C)c(OCC(=O)NC(=S)Nc2ccccc2F)c1. The number of para-hydroxylation sites is 1. The third kappa shape index (κ3) is 5.03. The molecule has 4 nitrogen and oxygen atoms in total. The van der Waals surface area contributed by atoms with Crippen LogP contribution in [0.25, 0.3) is 0 Å². The maximum absolute atomic E-state index is 13.5. The molecule has 2 N–H and O–H groups in total. The van der Waals surface area contributed by atoms with E-state index in [0.717, 1.165) is 11.1 Å². The van der Waals surface area contributed by atoms with Gasteiger partial charge < -0.3 is 10.1 Å². The molecule has 0 atom stereocenters. The van der Waals surface area contributed by atoms with Crippen LogP contribution in [0.3, 0.4) is 0 Å². The predicted molar refractivity (Wildman–Crippen MR) is 92.2 cm³/mol. The monoisotopic (exact) mass is 332 g/mol. The van der Waals surface area contributed by atoms with Crippen molar-refractivity contribution in [1.82, 2.24) is 5.32 Å². The number of carbonyl (C=O) groups is 1. The minimum atomic E-state index is -0.448. The first-order valence-corrected chi connectivity index (χ1v) is 7.42. The van der Waals surface area contributed by atoms with Crippen LogP contribution in [0.2, 0.25) is 0 Å². The second-order valence-corrected chi connectivity index (χ2v) is 5.45. The van der Waals surface area contributed by atoms with Crippen molar-refractivity contribution >= 4 is 28.9 Å². The maximum atomic E-state index is 13.5. The summed E-state index contributed by atoms with van der Waals surface area (Å²) in [5, 5.41) is 5.10. The van der Waals surface area contributed by atoms with Crippen LogP contribution in [0.1, 0.15) is 11.1 Å². The quantitative estimate of drug-likeness (QED) is 0.843. The van der Waals surface area contributed by atoms with Crippen molar-refractivity contribution in [2.24, 2.45) is 0 Å². The number of nitrogens with one attached hydrogen (secondary N) is 2. The molecule has 0 aliphatic heterocycles. The van der Waals surface area contributed by atoms with E-state index in [4.69, 9.17) is 17.0 Å². The number of thiocarbonyl (C=S) groups is 1. The highest BCUT2D eigenvalue weighted by Gasteiger charge is 2.09. The van der Waals surface area contributed by atoms with Crippen molar-refractivity contribution in [1.29, 1.82) is 0 Å². The second kappa shape index (κ2) is 7.69. The fourth-order valence-corrected chi connectivity index (χ4v) is 2.11. The Hall–Kier alpha value is -2.47. The van der Waals surface area contributed by atoms with E-state index in [9.17, 15) is 9.18 Å². The van der Waals surface area contributed by atoms with Gasteiger partial charge in [-0.15, -0.1) is 0 Å². The van der Waals surface area contributed by atoms with Crippen LogP contribution >= 0.6 is 12.2 Å². The fraction of sp³-hybridized carbons (Fsp3) is 0.176. The Morgan fingerprint density at radius 1 is 1.22 bits per heavy atom. The van der Waals surface area contributed by atoms with Gasteiger partial charge in [-0.2, -0.15) is 0 Å². The van der Waals surface area contributed by atoms with Crippen LogP contribution in [0.4, 0.5) is 10.1 Å². The normalized spacial score (nSPS) is 10.0. The first-order chi connectivity index (χ1) is 11.0. The van der Waals surface area contributed by atoms with Gasteiger partial charge in [0.05, 0.1) is 5.69 Å². The zero-order valence-corrected chi connectivity index (χ0v) is 13.7. The number of ether oxygens (including phenoxy) is 1. The molecule has 0 radical (unpaired) electrons. The maximum Gasteiger partial charge on any atom is 0.264 e. The van der Waals surface area contributed by atoms with E-state index >= 15 is 0 Å². The van der Waals surface area contributed by atoms with Crippen LogP contribution in [-0.4, -0.2) is 17.6 Å². The van der Waals surface area contributed by atoms with Crippen LogP contribution < -0.4 is 15.4 Å². The van der Waals surface area contributed by atoms with Crippen LogP contribution in [-0.2, 0) is 4.79 Å². The zero-order valence-electron chi connectivity index (χ0n) is 12.9. The molecule has 0 spiro atoms. The molecule has 2 aromatic carbocycles. The fourth-order valence-electron chi connectivity index (χ4n) is 1.88. The number of halogens is 1. The third-order valence-corrected chi connectivity index (χ3v) is 3.28. The number of amides is 1. The van der Waals surface area contributed by atoms with Crippen LogP contribution in [0, 0.1) is 19.7 Å². The molecule has 0 heterocycles. The molecule has 0 bridgehead atoms. The van der Waals surface area contributed by atoms with E-state index in [-0.39, 0.29) is 17.4 Å². The van der Waals surface area contributed by atoms with Crippen molar-refractivity contribution in [3.8, 4) is 5.75 Å². The lowest BCUT2D eigenvalue weighted by atomic mass is 10.1. The lowest BCUT2D eigenvalue weighted by molar-refractivity contribution is -0.121. The van der Waals surface area contributed by atoms with E-state index in [2.05, 4.69) is 10.6 Å². The molecule has 0 unspecified atom stereocenters. The van der Waals surface area contributed by atoms with Gasteiger partial charge in [0.25, 0.3) is 5.91 Å². The summed E-state index contributed by atoms with van der Waals surface area (Å²) in [6.07, 6.45) is 0. The Morgan fingerprint density at radius 3 is 2.70 bits per heavy atom. The summed E-state index contributed by atoms with van der Waals surface area (Å²) in [5.41, 5.74) is 2.19. The minimum Gasteiger partial charge on any atom is -0.483 e. The van der Waals surface area contributed by atoms with Crippen molar-refractivity contribution in [3.63, 3.8) is 0 Å². The predicted octanol–water partition coefficient (Wildman–Crippen LogP) is 3.33. The number of benzene rings is 2. The second-order valence-electron chi connectivity index (χ2n) is 5.04. The summed E-state index contributed by atoms with van der Waals surface area (Å²) in [4.78, 5) is 11.8. The summed E-state index contributed by atoms with van der Waals surface area (Å²) >= 11 is 4.98. The van der Waals surface area contributed by atoms with Crippen molar-refractivity contribution in [3.05, 3.63) is 59.4 Å². The van der Waals surface area contributed by atoms with Gasteiger partial charge in [0.15, 0.2) is 11.7 Å². The molecule has 120 valence electrons. The van der Waals surface area contributed by atoms with Crippen molar-refractivity contribution in [2.45, 2.75) is 13.8 Å². The highest BCUT2D eigenvalue weighted by Crippen LogP contribution is 2.18. The van der Waals surface area contributed by atoms with Gasteiger partial charge in [0.2, 0.25) is 0 Å². The zero-order chi connectivity index (χ0) is 16.8. The number of anilines is 1. The summed E-state index contributed by atoms with van der Waals surface area (Å²) in [6, 6.07) is 11.8. The van der Waals surface area contributed by atoms with Gasteiger partial charge in [-0.1, -0.05) is 24.3 Å². The number of rotatable bonds is 4. The number of hydrogen-bond donors (Lipinski definition) is 2. The molecule has 0 aromatic heterocycles. The molecule has 0 saturated heterocycles. The lowest BCUT2D eigenvalue weighted by Crippen LogP contribution is -2.37. The van der Waals surface area contributed by atoms with Gasteiger partial charge in [-0.05, 0) is 55.4 Å². The molecule has 0 saturated carbocycles. The number of aryl methyl sites for hydroxylation is 2. The molecule has 0 aliphatic rings. The third-order valence-electron chi connectivity index (χ3n) is 3.08. The van der Waals surface area contributed by atoms with Gasteiger partial charge in [0.1, 0.15) is 11.6 Å². The largest absolute Gasteiger partial charge is 0.483 e. The average Bonchev–Trinajstić information content (AvgIpc) is 2.50. The van der Waals surface area contributed by atoms with Crippen LogP contribution in [0.5, 0.6) is 5.75 Å². The first-order valence-electron chi connectivity index (χ1n) is 7.01. The molecular weight excluding hydrogens is 315 g/mol. The standard InChI is InChI=1S/C17H17FN2O2S/c1-11-7-8-12(2)15(9-11)22-10-16(21)20-17(23)19-14-6-4-3-5-13(14)18/h3-9H,10H2,1-2H3,(H2,19,20,21,23). The highest BCUT2D eigenvalue weighted by atomic mass is 32.1.